The molecule has 4 rings (SSSR count). The lowest BCUT2D eigenvalue weighted by molar-refractivity contribution is -0.0980. The van der Waals surface area contributed by atoms with E-state index >= 15 is 0 Å². The fourth-order valence-corrected chi connectivity index (χ4v) is 5.36. The summed E-state index contributed by atoms with van der Waals surface area (Å²) in [6.45, 7) is 6.43. The van der Waals surface area contributed by atoms with Crippen molar-refractivity contribution in [1.29, 1.82) is 0 Å². The summed E-state index contributed by atoms with van der Waals surface area (Å²) in [5.41, 5.74) is 2.12. The molecule has 0 spiro atoms. The van der Waals surface area contributed by atoms with Gasteiger partial charge in [-0.25, -0.2) is 4.39 Å². The standard InChI is InChI=1S/C25H29Cl2FN2O2S.CH3F.CH2O/c1-15-3-4-16(12-30(15)13-17-7-19(26)9-20(27)8-17)14-32-24-11-23(28)22(25(31)29-33-2)10-21(24)18-5-6-18;2*1-2/h7-11,15-16,18H,3-6,12-14H2,1-2H3,(H,29,31);1H3;1H2/t15-,16?;;/m1../s1. The minimum absolute atomic E-state index is 0.0800. The number of nitrogens with zero attached hydrogens (tertiary/aromatic N) is 1. The van der Waals surface area contributed by atoms with E-state index in [0.29, 0.717) is 47.5 Å². The molecule has 1 unspecified atom stereocenters. The number of benzene rings is 2. The third kappa shape index (κ3) is 9.13. The number of ether oxygens (including phenoxy) is 1. The number of hydrogen-bond donors (Lipinski definition) is 1. The van der Waals surface area contributed by atoms with Gasteiger partial charge in [0.2, 0.25) is 0 Å². The van der Waals surface area contributed by atoms with Crippen molar-refractivity contribution in [2.45, 2.75) is 51.1 Å². The summed E-state index contributed by atoms with van der Waals surface area (Å²) >= 11 is 13.5. The molecule has 1 saturated carbocycles. The highest BCUT2D eigenvalue weighted by atomic mass is 35.5. The number of halogens is 4. The highest BCUT2D eigenvalue weighted by Crippen LogP contribution is 2.45. The van der Waals surface area contributed by atoms with E-state index in [4.69, 9.17) is 32.7 Å². The minimum atomic E-state index is -0.544. The summed E-state index contributed by atoms with van der Waals surface area (Å²) in [4.78, 5) is 22.6. The van der Waals surface area contributed by atoms with E-state index in [1.807, 2.05) is 18.9 Å². The van der Waals surface area contributed by atoms with Crippen LogP contribution in [0.25, 0.3) is 0 Å². The van der Waals surface area contributed by atoms with E-state index in [2.05, 4.69) is 16.5 Å². The predicted molar refractivity (Wildman–Crippen MR) is 148 cm³/mol. The van der Waals surface area contributed by atoms with E-state index in [9.17, 15) is 13.6 Å². The van der Waals surface area contributed by atoms with E-state index < -0.39 is 11.7 Å². The molecule has 0 bridgehead atoms. The Morgan fingerprint density at radius 2 is 1.76 bits per heavy atom. The second-order valence-electron chi connectivity index (χ2n) is 9.09. The van der Waals surface area contributed by atoms with E-state index in [0.717, 1.165) is 61.8 Å². The quantitative estimate of drug-likeness (QED) is 0.341. The molecule has 0 aromatic heterocycles. The first-order valence-corrected chi connectivity index (χ1v) is 14.0. The Labute approximate surface area is 232 Å². The molecule has 1 aliphatic heterocycles. The van der Waals surface area contributed by atoms with Crippen molar-refractivity contribution in [1.82, 2.24) is 9.62 Å². The molecule has 1 aliphatic carbocycles. The van der Waals surface area contributed by atoms with Gasteiger partial charge in [0, 0.05) is 47.4 Å². The van der Waals surface area contributed by atoms with Crippen molar-refractivity contribution < 1.29 is 23.1 Å². The lowest BCUT2D eigenvalue weighted by Gasteiger charge is -2.38. The molecule has 37 heavy (non-hydrogen) atoms. The Morgan fingerprint density at radius 1 is 1.11 bits per heavy atom. The van der Waals surface area contributed by atoms with Crippen molar-refractivity contribution >= 4 is 47.8 Å². The fourth-order valence-electron chi connectivity index (χ4n) is 4.49. The van der Waals surface area contributed by atoms with E-state index in [1.54, 1.807) is 18.4 Å². The first-order chi connectivity index (χ1) is 17.8. The summed E-state index contributed by atoms with van der Waals surface area (Å²) in [7, 11) is 0.500. The number of piperidine rings is 1. The topological polar surface area (TPSA) is 58.6 Å². The van der Waals surface area contributed by atoms with Crippen molar-refractivity contribution in [3.8, 4) is 5.75 Å². The van der Waals surface area contributed by atoms with Crippen LogP contribution in [-0.2, 0) is 11.3 Å². The Balaban J connectivity index is 0.00000115. The van der Waals surface area contributed by atoms with Crippen molar-refractivity contribution in [2.75, 3.05) is 26.6 Å². The predicted octanol–water partition coefficient (Wildman–Crippen LogP) is 7.10. The van der Waals surface area contributed by atoms with Gasteiger partial charge in [-0.3, -0.25) is 18.8 Å². The van der Waals surface area contributed by atoms with Gasteiger partial charge in [0.15, 0.2) is 0 Å². The second-order valence-corrected chi connectivity index (χ2v) is 10.6. The number of carbonyl (C=O) groups excluding carboxylic acids is 2. The van der Waals surface area contributed by atoms with Crippen LogP contribution in [0.1, 0.15) is 60.0 Å². The molecule has 1 amide bonds. The molecule has 5 nitrogen and oxygen atoms in total. The number of amides is 1. The highest BCUT2D eigenvalue weighted by Gasteiger charge is 2.31. The molecule has 2 aromatic carbocycles. The molecule has 2 fully saturated rings. The zero-order valence-corrected chi connectivity index (χ0v) is 23.7. The van der Waals surface area contributed by atoms with Crippen molar-refractivity contribution in [3.05, 3.63) is 62.9 Å². The molecule has 2 atom stereocenters. The Bertz CT molecular complexity index is 1020. The van der Waals surface area contributed by atoms with Crippen LogP contribution in [-0.4, -0.2) is 50.2 Å². The van der Waals surface area contributed by atoms with Crippen LogP contribution in [0.4, 0.5) is 8.78 Å². The molecule has 0 radical (unpaired) electrons. The second kappa shape index (κ2) is 15.5. The molecule has 1 saturated heterocycles. The van der Waals surface area contributed by atoms with Crippen LogP contribution in [0, 0.1) is 11.7 Å². The van der Waals surface area contributed by atoms with Crippen molar-refractivity contribution in [3.63, 3.8) is 0 Å². The Hall–Kier alpha value is -1.87. The van der Waals surface area contributed by atoms with Gasteiger partial charge in [-0.2, -0.15) is 0 Å². The van der Waals surface area contributed by atoms with Crippen LogP contribution in [0.2, 0.25) is 10.0 Å². The van der Waals surface area contributed by atoms with Gasteiger partial charge < -0.3 is 9.53 Å². The summed E-state index contributed by atoms with van der Waals surface area (Å²) < 4.78 is 33.0. The number of rotatable bonds is 8. The first-order valence-electron chi connectivity index (χ1n) is 12.0. The molecular weight excluding hydrogens is 541 g/mol. The monoisotopic (exact) mass is 574 g/mol. The van der Waals surface area contributed by atoms with Crippen LogP contribution < -0.4 is 9.46 Å². The zero-order valence-electron chi connectivity index (χ0n) is 21.4. The summed E-state index contributed by atoms with van der Waals surface area (Å²) in [6.07, 6.45) is 5.96. The number of likely N-dealkylation sites (tertiary alicyclic amines) is 1. The lowest BCUT2D eigenvalue weighted by atomic mass is 9.93. The SMILES string of the molecule is C=O.CF.CSNC(=O)c1cc(C2CC2)c(OCC2CC[C@@H](C)N(Cc3cc(Cl)cc(Cl)c3)C2)cc1F. The van der Waals surface area contributed by atoms with Gasteiger partial charge in [0.05, 0.1) is 19.3 Å². The van der Waals surface area contributed by atoms with Crippen LogP contribution in [0.15, 0.2) is 30.3 Å². The van der Waals surface area contributed by atoms with Gasteiger partial charge in [0.25, 0.3) is 5.91 Å². The van der Waals surface area contributed by atoms with Gasteiger partial charge >= 0.3 is 0 Å². The summed E-state index contributed by atoms with van der Waals surface area (Å²) in [5.74, 6) is 0.300. The summed E-state index contributed by atoms with van der Waals surface area (Å²) in [6, 6.07) is 9.17. The largest absolute Gasteiger partial charge is 0.493 e. The Morgan fingerprint density at radius 3 is 2.35 bits per heavy atom. The van der Waals surface area contributed by atoms with E-state index in [-0.39, 0.29) is 5.56 Å². The van der Waals surface area contributed by atoms with Gasteiger partial charge in [0.1, 0.15) is 18.4 Å². The lowest BCUT2D eigenvalue weighted by Crippen LogP contribution is -2.42. The molecule has 2 aromatic rings. The third-order valence-corrected chi connectivity index (χ3v) is 7.27. The van der Waals surface area contributed by atoms with Gasteiger partial charge in [-0.1, -0.05) is 35.1 Å². The maximum atomic E-state index is 14.7. The number of alkyl halides is 1. The van der Waals surface area contributed by atoms with Crippen LogP contribution >= 0.6 is 35.1 Å². The first kappa shape index (κ1) is 31.3. The summed E-state index contributed by atoms with van der Waals surface area (Å²) in [5, 5.41) is 1.29. The zero-order chi connectivity index (χ0) is 27.5. The van der Waals surface area contributed by atoms with Gasteiger partial charge in [-0.15, -0.1) is 0 Å². The molecule has 10 heteroatoms. The van der Waals surface area contributed by atoms with Gasteiger partial charge in [-0.05, 0) is 73.9 Å². The normalized spacial score (nSPS) is 19.1. The maximum Gasteiger partial charge on any atom is 0.264 e. The molecule has 2 aliphatic rings. The molecule has 1 N–H and O–H groups in total. The minimum Gasteiger partial charge on any atom is -0.493 e. The smallest absolute Gasteiger partial charge is 0.264 e. The third-order valence-electron chi connectivity index (χ3n) is 6.45. The Kier molecular flexibility index (Phi) is 13.1. The van der Waals surface area contributed by atoms with E-state index in [1.165, 1.54) is 6.07 Å². The number of nitrogens with one attached hydrogen (secondary N) is 1. The molecule has 1 heterocycles. The average Bonchev–Trinajstić information content (AvgIpc) is 3.72. The fraction of sp³-hybridized carbons (Fsp3) is 0.481. The van der Waals surface area contributed by atoms with Crippen LogP contribution in [0.3, 0.4) is 0 Å². The number of hydrogen-bond acceptors (Lipinski definition) is 5. The number of carbonyl (C=O) groups is 2. The average molecular weight is 576 g/mol. The molecular formula is C27H34Cl2F2N2O3S. The van der Waals surface area contributed by atoms with Crippen LogP contribution in [0.5, 0.6) is 5.75 Å². The van der Waals surface area contributed by atoms with Crippen molar-refractivity contribution in [2.24, 2.45) is 5.92 Å². The maximum absolute atomic E-state index is 14.7. The highest BCUT2D eigenvalue weighted by molar-refractivity contribution is 7.97. The molecule has 204 valence electrons.